The van der Waals surface area contributed by atoms with Gasteiger partial charge in [0.2, 0.25) is 0 Å². The molecular weight excluding hydrogens is 224 g/mol. The topological polar surface area (TPSA) is 46.5 Å². The third kappa shape index (κ3) is 3.61. The Labute approximate surface area is 100 Å². The van der Waals surface area contributed by atoms with Crippen LogP contribution in [0.4, 0.5) is 0 Å². The van der Waals surface area contributed by atoms with Gasteiger partial charge in [0, 0.05) is 10.3 Å². The average Bonchev–Trinajstić information content (AvgIpc) is 2.62. The van der Waals surface area contributed by atoms with Gasteiger partial charge in [-0.15, -0.1) is 11.3 Å². The molecule has 0 fully saturated rings. The Morgan fingerprint density at radius 1 is 1.56 bits per heavy atom. The smallest absolute Gasteiger partial charge is 0.338 e. The predicted molar refractivity (Wildman–Crippen MR) is 64.7 cm³/mol. The van der Waals surface area contributed by atoms with E-state index in [0.29, 0.717) is 12.0 Å². The highest BCUT2D eigenvalue weighted by molar-refractivity contribution is 7.10. The number of hydrogen-bond donors (Lipinski definition) is 1. The Morgan fingerprint density at radius 2 is 2.19 bits per heavy atom. The molecule has 1 heterocycles. The number of methoxy groups -OCH3 is 1. The van der Waals surface area contributed by atoms with Crippen molar-refractivity contribution in [3.8, 4) is 0 Å². The lowest BCUT2D eigenvalue weighted by Crippen LogP contribution is -2.10. The van der Waals surface area contributed by atoms with E-state index in [4.69, 9.17) is 0 Å². The molecular formula is C12H18O3S. The van der Waals surface area contributed by atoms with E-state index in [1.54, 1.807) is 11.4 Å². The van der Waals surface area contributed by atoms with Crippen LogP contribution in [-0.2, 0) is 4.74 Å². The number of aliphatic hydroxyl groups is 1. The maximum atomic E-state index is 11.2. The summed E-state index contributed by atoms with van der Waals surface area (Å²) >= 11 is 1.39. The summed E-state index contributed by atoms with van der Waals surface area (Å²) in [6.07, 6.45) is 0.164. The van der Waals surface area contributed by atoms with E-state index >= 15 is 0 Å². The molecule has 0 aliphatic carbocycles. The molecule has 0 unspecified atom stereocenters. The van der Waals surface area contributed by atoms with E-state index in [1.807, 2.05) is 0 Å². The number of esters is 1. The van der Waals surface area contributed by atoms with E-state index in [-0.39, 0.29) is 11.4 Å². The van der Waals surface area contributed by atoms with E-state index in [9.17, 15) is 9.90 Å². The molecule has 0 saturated heterocycles. The number of thiophene rings is 1. The highest BCUT2D eigenvalue weighted by Crippen LogP contribution is 2.32. The number of rotatable bonds is 3. The minimum Gasteiger partial charge on any atom is -0.465 e. The molecule has 0 amide bonds. The van der Waals surface area contributed by atoms with Crippen LogP contribution in [-0.4, -0.2) is 18.2 Å². The number of hydrogen-bond acceptors (Lipinski definition) is 4. The van der Waals surface area contributed by atoms with Gasteiger partial charge in [0.05, 0.1) is 18.8 Å². The van der Waals surface area contributed by atoms with Gasteiger partial charge in [-0.3, -0.25) is 0 Å². The first-order valence-electron chi connectivity index (χ1n) is 5.18. The Balaban J connectivity index is 2.74. The first-order valence-corrected chi connectivity index (χ1v) is 6.06. The van der Waals surface area contributed by atoms with Crippen LogP contribution in [0.1, 0.15) is 48.5 Å². The maximum Gasteiger partial charge on any atom is 0.338 e. The summed E-state index contributed by atoms with van der Waals surface area (Å²) < 4.78 is 4.62. The normalized spacial score (nSPS) is 13.6. The van der Waals surface area contributed by atoms with Crippen LogP contribution in [0.15, 0.2) is 11.4 Å². The van der Waals surface area contributed by atoms with Gasteiger partial charge in [0.1, 0.15) is 0 Å². The van der Waals surface area contributed by atoms with Crippen LogP contribution in [0.3, 0.4) is 0 Å². The Morgan fingerprint density at radius 3 is 2.69 bits per heavy atom. The molecule has 1 rings (SSSR count). The molecule has 0 aromatic carbocycles. The molecule has 1 aromatic heterocycles. The number of aliphatic hydroxyl groups excluding tert-OH is 1. The lowest BCUT2D eigenvalue weighted by molar-refractivity contribution is 0.0601. The Kier molecular flexibility index (Phi) is 4.10. The number of ether oxygens (including phenoxy) is 1. The van der Waals surface area contributed by atoms with Crippen molar-refractivity contribution in [1.29, 1.82) is 0 Å². The molecule has 0 radical (unpaired) electrons. The lowest BCUT2D eigenvalue weighted by Gasteiger charge is -2.21. The summed E-state index contributed by atoms with van der Waals surface area (Å²) in [5.74, 6) is -0.356. The summed E-state index contributed by atoms with van der Waals surface area (Å²) in [6, 6.07) is 1.70. The van der Waals surface area contributed by atoms with Crippen molar-refractivity contribution in [2.75, 3.05) is 7.11 Å². The minimum absolute atomic E-state index is 0.0643. The van der Waals surface area contributed by atoms with Crippen molar-refractivity contribution in [2.45, 2.75) is 33.3 Å². The van der Waals surface area contributed by atoms with Crippen molar-refractivity contribution >= 4 is 17.3 Å². The van der Waals surface area contributed by atoms with Crippen LogP contribution in [0, 0.1) is 5.41 Å². The molecule has 0 aliphatic heterocycles. The van der Waals surface area contributed by atoms with Crippen molar-refractivity contribution < 1.29 is 14.6 Å². The highest BCUT2D eigenvalue weighted by Gasteiger charge is 2.20. The molecule has 0 spiro atoms. The molecule has 90 valence electrons. The van der Waals surface area contributed by atoms with Gasteiger partial charge in [0.15, 0.2) is 0 Å². The molecule has 16 heavy (non-hydrogen) atoms. The second-order valence-electron chi connectivity index (χ2n) is 5.01. The van der Waals surface area contributed by atoms with E-state index in [1.165, 1.54) is 18.4 Å². The van der Waals surface area contributed by atoms with Crippen molar-refractivity contribution in [2.24, 2.45) is 5.41 Å². The minimum atomic E-state index is -0.511. The third-order valence-corrected chi connectivity index (χ3v) is 3.21. The molecule has 0 saturated carbocycles. The van der Waals surface area contributed by atoms with Gasteiger partial charge in [0.25, 0.3) is 0 Å². The van der Waals surface area contributed by atoms with Crippen LogP contribution < -0.4 is 0 Å². The molecule has 1 atom stereocenters. The molecule has 1 aromatic rings. The van der Waals surface area contributed by atoms with Crippen molar-refractivity contribution in [3.05, 3.63) is 21.9 Å². The number of carbonyl (C=O) groups excluding carboxylic acids is 1. The summed E-state index contributed by atoms with van der Waals surface area (Å²) in [4.78, 5) is 12.1. The molecule has 1 N–H and O–H groups in total. The van der Waals surface area contributed by atoms with Crippen molar-refractivity contribution in [1.82, 2.24) is 0 Å². The van der Waals surface area contributed by atoms with Gasteiger partial charge in [-0.05, 0) is 17.9 Å². The van der Waals surface area contributed by atoms with Gasteiger partial charge >= 0.3 is 5.97 Å². The standard InChI is InChI=1S/C12H18O3S/c1-12(2,3)6-9(13)10-5-8(7-16-10)11(14)15-4/h5,7,9,13H,6H2,1-4H3/t9-/m1/s1. The zero-order valence-corrected chi connectivity index (χ0v) is 10.9. The predicted octanol–water partition coefficient (Wildman–Crippen LogP) is 3.00. The maximum absolute atomic E-state index is 11.2. The van der Waals surface area contributed by atoms with Gasteiger partial charge in [-0.25, -0.2) is 4.79 Å². The third-order valence-electron chi connectivity index (χ3n) is 2.17. The molecule has 3 nitrogen and oxygen atoms in total. The SMILES string of the molecule is COC(=O)c1csc([C@H](O)CC(C)(C)C)c1. The fourth-order valence-electron chi connectivity index (χ4n) is 1.43. The van der Waals surface area contributed by atoms with Crippen molar-refractivity contribution in [3.63, 3.8) is 0 Å². The summed E-state index contributed by atoms with van der Waals surface area (Å²) in [5.41, 5.74) is 0.574. The second-order valence-corrected chi connectivity index (χ2v) is 5.95. The van der Waals surface area contributed by atoms with Crippen LogP contribution in [0.5, 0.6) is 0 Å². The second kappa shape index (κ2) is 4.97. The van der Waals surface area contributed by atoms with E-state index < -0.39 is 6.10 Å². The van der Waals surface area contributed by atoms with Gasteiger partial charge in [-0.2, -0.15) is 0 Å². The summed E-state index contributed by atoms with van der Waals surface area (Å²) in [7, 11) is 1.35. The molecule has 4 heteroatoms. The molecule has 0 bridgehead atoms. The molecule has 0 aliphatic rings. The van der Waals surface area contributed by atoms with Crippen LogP contribution in [0.2, 0.25) is 0 Å². The zero-order chi connectivity index (χ0) is 12.3. The van der Waals surface area contributed by atoms with Gasteiger partial charge < -0.3 is 9.84 Å². The first kappa shape index (κ1) is 13.2. The van der Waals surface area contributed by atoms with Crippen LogP contribution in [0.25, 0.3) is 0 Å². The summed E-state index contributed by atoms with van der Waals surface area (Å²) in [5, 5.41) is 11.7. The Hall–Kier alpha value is -0.870. The number of carbonyl (C=O) groups is 1. The summed E-state index contributed by atoms with van der Waals surface area (Å²) in [6.45, 7) is 6.22. The lowest BCUT2D eigenvalue weighted by atomic mass is 9.89. The van der Waals surface area contributed by atoms with E-state index in [0.717, 1.165) is 4.88 Å². The van der Waals surface area contributed by atoms with E-state index in [2.05, 4.69) is 25.5 Å². The quantitative estimate of drug-likeness (QED) is 0.829. The van der Waals surface area contributed by atoms with Crippen LogP contribution >= 0.6 is 11.3 Å². The first-order chi connectivity index (χ1) is 7.33. The Bertz CT molecular complexity index is 363. The fourth-order valence-corrected chi connectivity index (χ4v) is 2.30. The monoisotopic (exact) mass is 242 g/mol. The highest BCUT2D eigenvalue weighted by atomic mass is 32.1. The zero-order valence-electron chi connectivity index (χ0n) is 10.1. The largest absolute Gasteiger partial charge is 0.465 e. The average molecular weight is 242 g/mol. The van der Waals surface area contributed by atoms with Gasteiger partial charge in [-0.1, -0.05) is 20.8 Å². The fraction of sp³-hybridized carbons (Fsp3) is 0.583.